The van der Waals surface area contributed by atoms with Gasteiger partial charge >= 0.3 is 0 Å². The van der Waals surface area contributed by atoms with Crippen molar-refractivity contribution in [3.63, 3.8) is 0 Å². The molecule has 0 fully saturated rings. The minimum atomic E-state index is 0.180. The Balaban J connectivity index is 3.16. The maximum atomic E-state index is 6.24. The molecule has 19 heavy (non-hydrogen) atoms. The van der Waals surface area contributed by atoms with E-state index in [1.54, 1.807) is 14.2 Å². The van der Waals surface area contributed by atoms with E-state index in [-0.39, 0.29) is 6.04 Å². The fourth-order valence-corrected chi connectivity index (χ4v) is 2.34. The van der Waals surface area contributed by atoms with Crippen molar-refractivity contribution in [1.29, 1.82) is 0 Å². The second kappa shape index (κ2) is 7.41. The van der Waals surface area contributed by atoms with E-state index in [1.807, 2.05) is 19.1 Å². The van der Waals surface area contributed by atoms with Gasteiger partial charge in [-0.05, 0) is 37.6 Å². The zero-order valence-corrected chi connectivity index (χ0v) is 12.8. The predicted octanol–water partition coefficient (Wildman–Crippen LogP) is 3.97. The van der Waals surface area contributed by atoms with Gasteiger partial charge in [0.15, 0.2) is 11.5 Å². The molecule has 106 valence electrons. The van der Waals surface area contributed by atoms with Gasteiger partial charge in [-0.15, -0.1) is 6.58 Å². The van der Waals surface area contributed by atoms with Gasteiger partial charge in [0, 0.05) is 6.04 Å². The number of ether oxygens (including phenoxy) is 2. The summed E-state index contributed by atoms with van der Waals surface area (Å²) in [6.45, 7) is 8.95. The molecule has 1 rings (SSSR count). The van der Waals surface area contributed by atoms with Crippen molar-refractivity contribution in [2.75, 3.05) is 20.8 Å². The summed E-state index contributed by atoms with van der Waals surface area (Å²) in [6, 6.07) is 4.06. The summed E-state index contributed by atoms with van der Waals surface area (Å²) < 4.78 is 10.6. The molecular formula is C15H22ClNO2. The van der Waals surface area contributed by atoms with Crippen LogP contribution in [0.3, 0.4) is 0 Å². The average molecular weight is 284 g/mol. The number of benzene rings is 1. The van der Waals surface area contributed by atoms with E-state index < -0.39 is 0 Å². The van der Waals surface area contributed by atoms with Crippen LogP contribution in [0, 0.1) is 0 Å². The summed E-state index contributed by atoms with van der Waals surface area (Å²) in [7, 11) is 3.19. The molecule has 1 aromatic carbocycles. The zero-order chi connectivity index (χ0) is 14.4. The van der Waals surface area contributed by atoms with Gasteiger partial charge in [0.1, 0.15) is 0 Å². The molecule has 0 spiro atoms. The summed E-state index contributed by atoms with van der Waals surface area (Å²) in [5.74, 6) is 1.22. The largest absolute Gasteiger partial charge is 0.493 e. The van der Waals surface area contributed by atoms with Gasteiger partial charge in [-0.1, -0.05) is 24.1 Å². The summed E-state index contributed by atoms with van der Waals surface area (Å²) in [6.07, 6.45) is 0.861. The average Bonchev–Trinajstić information content (AvgIpc) is 2.36. The lowest BCUT2D eigenvalue weighted by atomic mass is 9.99. The van der Waals surface area contributed by atoms with Crippen LogP contribution in [0.2, 0.25) is 5.02 Å². The molecule has 1 N–H and O–H groups in total. The van der Waals surface area contributed by atoms with Gasteiger partial charge in [-0.25, -0.2) is 0 Å². The van der Waals surface area contributed by atoms with Gasteiger partial charge < -0.3 is 14.8 Å². The molecule has 0 aromatic heterocycles. The van der Waals surface area contributed by atoms with Crippen LogP contribution in [0.4, 0.5) is 0 Å². The summed E-state index contributed by atoms with van der Waals surface area (Å²) in [5.41, 5.74) is 2.20. The third kappa shape index (κ3) is 4.15. The lowest BCUT2D eigenvalue weighted by Gasteiger charge is -2.20. The van der Waals surface area contributed by atoms with E-state index in [1.165, 1.54) is 0 Å². The molecular weight excluding hydrogens is 262 g/mol. The molecule has 0 aliphatic rings. The highest BCUT2D eigenvalue weighted by Crippen LogP contribution is 2.38. The standard InChI is InChI=1S/C15H22ClNO2/c1-6-17-13(7-10(2)3)11-8-12(16)15(19-5)14(9-11)18-4/h8-9,13,17H,2,6-7H2,1,3-5H3. The normalized spacial score (nSPS) is 12.1. The monoisotopic (exact) mass is 283 g/mol. The highest BCUT2D eigenvalue weighted by molar-refractivity contribution is 6.32. The lowest BCUT2D eigenvalue weighted by molar-refractivity contribution is 0.354. The maximum absolute atomic E-state index is 6.24. The molecule has 0 radical (unpaired) electrons. The van der Waals surface area contributed by atoms with Gasteiger partial charge in [0.25, 0.3) is 0 Å². The van der Waals surface area contributed by atoms with Crippen LogP contribution in [-0.2, 0) is 0 Å². The molecule has 0 saturated carbocycles. The summed E-state index contributed by atoms with van der Waals surface area (Å²) in [4.78, 5) is 0. The van der Waals surface area contributed by atoms with Crippen molar-refractivity contribution < 1.29 is 9.47 Å². The fraction of sp³-hybridized carbons (Fsp3) is 0.467. The van der Waals surface area contributed by atoms with Crippen LogP contribution in [0.25, 0.3) is 0 Å². The van der Waals surface area contributed by atoms with Crippen molar-refractivity contribution in [2.45, 2.75) is 26.3 Å². The minimum absolute atomic E-state index is 0.180. The van der Waals surface area contributed by atoms with E-state index in [2.05, 4.69) is 18.8 Å². The SMILES string of the molecule is C=C(C)CC(NCC)c1cc(Cl)c(OC)c(OC)c1. The fourth-order valence-electron chi connectivity index (χ4n) is 2.04. The third-order valence-corrected chi connectivity index (χ3v) is 3.14. The first-order valence-corrected chi connectivity index (χ1v) is 6.70. The Labute approximate surface area is 120 Å². The Morgan fingerprint density at radius 1 is 1.37 bits per heavy atom. The lowest BCUT2D eigenvalue weighted by Crippen LogP contribution is -2.21. The van der Waals surface area contributed by atoms with Crippen LogP contribution >= 0.6 is 11.6 Å². The smallest absolute Gasteiger partial charge is 0.179 e. The van der Waals surface area contributed by atoms with Crippen molar-refractivity contribution in [3.8, 4) is 11.5 Å². The Morgan fingerprint density at radius 3 is 2.53 bits per heavy atom. The molecule has 3 nitrogen and oxygen atoms in total. The summed E-state index contributed by atoms with van der Waals surface area (Å²) in [5, 5.41) is 3.99. The van der Waals surface area contributed by atoms with Crippen LogP contribution < -0.4 is 14.8 Å². The van der Waals surface area contributed by atoms with E-state index in [0.29, 0.717) is 16.5 Å². The number of hydrogen-bond acceptors (Lipinski definition) is 3. The van der Waals surface area contributed by atoms with Crippen molar-refractivity contribution in [1.82, 2.24) is 5.32 Å². The van der Waals surface area contributed by atoms with Gasteiger partial charge in [-0.2, -0.15) is 0 Å². The highest BCUT2D eigenvalue weighted by atomic mass is 35.5. The molecule has 0 aliphatic heterocycles. The zero-order valence-electron chi connectivity index (χ0n) is 12.0. The van der Waals surface area contributed by atoms with Gasteiger partial charge in [0.05, 0.1) is 19.2 Å². The van der Waals surface area contributed by atoms with Crippen molar-refractivity contribution >= 4 is 11.6 Å². The molecule has 1 unspecified atom stereocenters. The van der Waals surface area contributed by atoms with Gasteiger partial charge in [-0.3, -0.25) is 0 Å². The van der Waals surface area contributed by atoms with Crippen molar-refractivity contribution in [3.05, 3.63) is 34.9 Å². The number of halogens is 1. The van der Waals surface area contributed by atoms with Crippen LogP contribution in [0.15, 0.2) is 24.3 Å². The predicted molar refractivity (Wildman–Crippen MR) is 80.4 cm³/mol. The van der Waals surface area contributed by atoms with Crippen LogP contribution in [-0.4, -0.2) is 20.8 Å². The van der Waals surface area contributed by atoms with E-state index in [9.17, 15) is 0 Å². The first kappa shape index (κ1) is 15.9. The molecule has 0 saturated heterocycles. The van der Waals surface area contributed by atoms with Crippen LogP contribution in [0.5, 0.6) is 11.5 Å². The number of nitrogens with one attached hydrogen (secondary N) is 1. The molecule has 0 bridgehead atoms. The Bertz CT molecular complexity index is 446. The van der Waals surface area contributed by atoms with Gasteiger partial charge in [0.2, 0.25) is 0 Å². The Kier molecular flexibility index (Phi) is 6.19. The third-order valence-electron chi connectivity index (χ3n) is 2.86. The molecule has 1 aromatic rings. The second-order valence-corrected chi connectivity index (χ2v) is 4.92. The number of rotatable bonds is 7. The van der Waals surface area contributed by atoms with Crippen LogP contribution in [0.1, 0.15) is 31.9 Å². The molecule has 0 aliphatic carbocycles. The van der Waals surface area contributed by atoms with E-state index >= 15 is 0 Å². The molecule has 0 heterocycles. The topological polar surface area (TPSA) is 30.5 Å². The molecule has 0 amide bonds. The van der Waals surface area contributed by atoms with E-state index in [4.69, 9.17) is 21.1 Å². The first-order chi connectivity index (χ1) is 9.03. The molecule has 1 atom stereocenters. The second-order valence-electron chi connectivity index (χ2n) is 4.51. The number of methoxy groups -OCH3 is 2. The van der Waals surface area contributed by atoms with E-state index in [0.717, 1.165) is 24.1 Å². The minimum Gasteiger partial charge on any atom is -0.493 e. The number of hydrogen-bond donors (Lipinski definition) is 1. The first-order valence-electron chi connectivity index (χ1n) is 6.32. The quantitative estimate of drug-likeness (QED) is 0.768. The summed E-state index contributed by atoms with van der Waals surface area (Å²) >= 11 is 6.24. The maximum Gasteiger partial charge on any atom is 0.179 e. The molecule has 4 heteroatoms. The highest BCUT2D eigenvalue weighted by Gasteiger charge is 2.16. The Hall–Kier alpha value is -1.19. The Morgan fingerprint density at radius 2 is 2.05 bits per heavy atom. The van der Waals surface area contributed by atoms with Crippen molar-refractivity contribution in [2.24, 2.45) is 0 Å².